The first-order valence-electron chi connectivity index (χ1n) is 10.9. The summed E-state index contributed by atoms with van der Waals surface area (Å²) in [6.07, 6.45) is 6.17. The summed E-state index contributed by atoms with van der Waals surface area (Å²) in [6.45, 7) is 2.06. The standard InChI is InChI=1S/C20H37NO7S/c1-3-4-5-6-7-8-9-10-11-12-13-29(25,26)19-18(27-2)17(23)16(22)15-14-28-20(24)21(15)19/h15-19,22-23H,3-14H2,1-2H3/t15-,16-,17+,18+,19-/m1/s1. The monoisotopic (exact) mass is 435 g/mol. The zero-order valence-corrected chi connectivity index (χ0v) is 18.5. The van der Waals surface area contributed by atoms with Crippen LogP contribution in [0.1, 0.15) is 71.1 Å². The van der Waals surface area contributed by atoms with Crippen LogP contribution in [0.3, 0.4) is 0 Å². The molecule has 0 aromatic carbocycles. The van der Waals surface area contributed by atoms with E-state index in [2.05, 4.69) is 6.92 Å². The van der Waals surface area contributed by atoms with Gasteiger partial charge in [-0.25, -0.2) is 13.2 Å². The Hall–Kier alpha value is -0.900. The largest absolute Gasteiger partial charge is 0.447 e. The number of piperidine rings is 1. The quantitative estimate of drug-likeness (QED) is 0.426. The molecule has 0 bridgehead atoms. The van der Waals surface area contributed by atoms with Gasteiger partial charge in [-0.2, -0.15) is 0 Å². The summed E-state index contributed by atoms with van der Waals surface area (Å²) in [4.78, 5) is 13.2. The van der Waals surface area contributed by atoms with E-state index in [1.165, 1.54) is 45.6 Å². The van der Waals surface area contributed by atoms with Gasteiger partial charge in [0, 0.05) is 7.11 Å². The molecule has 0 aliphatic carbocycles. The third kappa shape index (κ3) is 6.06. The van der Waals surface area contributed by atoms with E-state index in [0.717, 1.165) is 24.2 Å². The molecule has 170 valence electrons. The summed E-state index contributed by atoms with van der Waals surface area (Å²) >= 11 is 0. The first-order valence-corrected chi connectivity index (χ1v) is 12.6. The molecule has 2 heterocycles. The molecule has 0 unspecified atom stereocenters. The number of carbonyl (C=O) groups excluding carboxylic acids is 1. The van der Waals surface area contributed by atoms with Crippen molar-refractivity contribution >= 4 is 15.9 Å². The molecule has 2 rings (SSSR count). The molecule has 2 saturated heterocycles. The van der Waals surface area contributed by atoms with Crippen molar-refractivity contribution in [1.82, 2.24) is 4.90 Å². The molecular weight excluding hydrogens is 398 g/mol. The van der Waals surface area contributed by atoms with Crippen molar-refractivity contribution in [2.75, 3.05) is 19.5 Å². The highest BCUT2D eigenvalue weighted by Gasteiger charge is 2.58. The number of fused-ring (bicyclic) bond motifs is 1. The molecule has 1 amide bonds. The molecule has 2 N–H and O–H groups in total. The molecule has 2 aliphatic rings. The zero-order valence-electron chi connectivity index (χ0n) is 17.7. The number of nitrogens with zero attached hydrogens (tertiary/aromatic N) is 1. The van der Waals surface area contributed by atoms with Gasteiger partial charge in [0.2, 0.25) is 0 Å². The van der Waals surface area contributed by atoms with Crippen molar-refractivity contribution < 1.29 is 32.9 Å². The fourth-order valence-corrected chi connectivity index (χ4v) is 6.41. The molecule has 8 nitrogen and oxygen atoms in total. The summed E-state index contributed by atoms with van der Waals surface area (Å²) in [5, 5.41) is 19.2. The second kappa shape index (κ2) is 11.5. The molecule has 0 saturated carbocycles. The van der Waals surface area contributed by atoms with Crippen LogP contribution in [0.15, 0.2) is 0 Å². The highest BCUT2D eigenvalue weighted by atomic mass is 32.2. The van der Waals surface area contributed by atoms with Crippen LogP contribution in [0.5, 0.6) is 0 Å². The number of cyclic esters (lactones) is 1. The number of ether oxygens (including phenoxy) is 2. The minimum Gasteiger partial charge on any atom is -0.447 e. The molecule has 0 radical (unpaired) electrons. The fraction of sp³-hybridized carbons (Fsp3) is 0.950. The summed E-state index contributed by atoms with van der Waals surface area (Å²) in [7, 11) is -2.50. The van der Waals surface area contributed by atoms with Crippen LogP contribution in [0, 0.1) is 0 Å². The van der Waals surface area contributed by atoms with E-state index >= 15 is 0 Å². The summed E-state index contributed by atoms with van der Waals surface area (Å²) in [5.41, 5.74) is 0. The van der Waals surface area contributed by atoms with Crippen molar-refractivity contribution in [3.8, 4) is 0 Å². The molecule has 5 atom stereocenters. The first-order chi connectivity index (χ1) is 13.8. The SMILES string of the molecule is CCCCCCCCCCCCS(=O)(=O)[C@@H]1[C@@H](OC)[C@@H](O)[C@H](O)[C@H]2COC(=O)N21. The van der Waals surface area contributed by atoms with Gasteiger partial charge in [0.25, 0.3) is 0 Å². The number of hydrogen-bond donors (Lipinski definition) is 2. The van der Waals surface area contributed by atoms with Crippen molar-refractivity contribution in [3.63, 3.8) is 0 Å². The average molecular weight is 436 g/mol. The summed E-state index contributed by atoms with van der Waals surface area (Å²) in [5.74, 6) is -0.0899. The maximum atomic E-state index is 13.0. The molecule has 2 fully saturated rings. The predicted molar refractivity (Wildman–Crippen MR) is 109 cm³/mol. The van der Waals surface area contributed by atoms with Gasteiger partial charge in [-0.15, -0.1) is 0 Å². The van der Waals surface area contributed by atoms with E-state index in [4.69, 9.17) is 9.47 Å². The number of rotatable bonds is 13. The van der Waals surface area contributed by atoms with E-state index in [9.17, 15) is 23.4 Å². The third-order valence-electron chi connectivity index (χ3n) is 6.00. The van der Waals surface area contributed by atoms with Crippen LogP contribution >= 0.6 is 0 Å². The number of hydrogen-bond acceptors (Lipinski definition) is 7. The Morgan fingerprint density at radius 1 is 1.00 bits per heavy atom. The molecule has 29 heavy (non-hydrogen) atoms. The van der Waals surface area contributed by atoms with Crippen LogP contribution in [0.25, 0.3) is 0 Å². The van der Waals surface area contributed by atoms with E-state index in [1.54, 1.807) is 0 Å². The molecule has 0 spiro atoms. The number of unbranched alkanes of at least 4 members (excludes halogenated alkanes) is 9. The summed E-state index contributed by atoms with van der Waals surface area (Å²) in [6, 6.07) is -0.878. The molecule has 0 aromatic rings. The van der Waals surface area contributed by atoms with Crippen LogP contribution < -0.4 is 0 Å². The highest BCUT2D eigenvalue weighted by Crippen LogP contribution is 2.34. The Balaban J connectivity index is 1.84. The Morgan fingerprint density at radius 3 is 2.10 bits per heavy atom. The Kier molecular flexibility index (Phi) is 9.65. The number of sulfone groups is 1. The van der Waals surface area contributed by atoms with E-state index in [-0.39, 0.29) is 12.4 Å². The lowest BCUT2D eigenvalue weighted by atomic mass is 9.95. The second-order valence-electron chi connectivity index (χ2n) is 8.17. The Morgan fingerprint density at radius 2 is 1.55 bits per heavy atom. The van der Waals surface area contributed by atoms with E-state index in [1.807, 2.05) is 0 Å². The van der Waals surface area contributed by atoms with Gasteiger partial charge in [-0.3, -0.25) is 4.90 Å². The normalized spacial score (nSPS) is 29.7. The lowest BCUT2D eigenvalue weighted by Crippen LogP contribution is -2.68. The van der Waals surface area contributed by atoms with E-state index in [0.29, 0.717) is 6.42 Å². The highest BCUT2D eigenvalue weighted by molar-refractivity contribution is 7.92. The minimum atomic E-state index is -3.77. The molecule has 9 heteroatoms. The lowest BCUT2D eigenvalue weighted by Gasteiger charge is -2.44. The van der Waals surface area contributed by atoms with Gasteiger partial charge in [-0.1, -0.05) is 64.7 Å². The molecule has 0 aromatic heterocycles. The maximum absolute atomic E-state index is 13.0. The minimum absolute atomic E-state index is 0.0899. The van der Waals surface area contributed by atoms with Gasteiger partial charge in [-0.05, 0) is 6.42 Å². The zero-order chi connectivity index (χ0) is 21.4. The second-order valence-corrected chi connectivity index (χ2v) is 10.4. The first kappa shape index (κ1) is 24.4. The van der Waals surface area contributed by atoms with Gasteiger partial charge >= 0.3 is 6.09 Å². The van der Waals surface area contributed by atoms with Gasteiger partial charge in [0.15, 0.2) is 15.2 Å². The van der Waals surface area contributed by atoms with Crippen LogP contribution in [-0.4, -0.2) is 78.8 Å². The number of carbonyl (C=O) groups is 1. The van der Waals surface area contributed by atoms with Crippen LogP contribution in [0.2, 0.25) is 0 Å². The maximum Gasteiger partial charge on any atom is 0.411 e. The third-order valence-corrected chi connectivity index (χ3v) is 8.09. The Bertz CT molecular complexity index is 612. The summed E-state index contributed by atoms with van der Waals surface area (Å²) < 4.78 is 36.1. The number of methoxy groups -OCH3 is 1. The Labute approximate surface area is 174 Å². The fourth-order valence-electron chi connectivity index (χ4n) is 4.30. The van der Waals surface area contributed by atoms with Gasteiger partial charge in [0.1, 0.15) is 24.9 Å². The molecule has 2 aliphatic heterocycles. The van der Waals surface area contributed by atoms with Gasteiger partial charge in [0.05, 0.1) is 11.8 Å². The average Bonchev–Trinajstić information content (AvgIpc) is 3.07. The van der Waals surface area contributed by atoms with Crippen LogP contribution in [-0.2, 0) is 19.3 Å². The van der Waals surface area contributed by atoms with Crippen molar-refractivity contribution in [2.45, 2.75) is 101 Å². The topological polar surface area (TPSA) is 113 Å². The van der Waals surface area contributed by atoms with Crippen molar-refractivity contribution in [2.24, 2.45) is 0 Å². The van der Waals surface area contributed by atoms with E-state index < -0.39 is 45.7 Å². The van der Waals surface area contributed by atoms with Crippen molar-refractivity contribution in [1.29, 1.82) is 0 Å². The smallest absolute Gasteiger partial charge is 0.411 e. The lowest BCUT2D eigenvalue weighted by molar-refractivity contribution is -0.138. The van der Waals surface area contributed by atoms with Gasteiger partial charge < -0.3 is 19.7 Å². The number of amides is 1. The number of aliphatic hydroxyl groups excluding tert-OH is 2. The van der Waals surface area contributed by atoms with Crippen LogP contribution in [0.4, 0.5) is 4.79 Å². The number of aliphatic hydroxyl groups is 2. The molecular formula is C20H37NO7S. The predicted octanol–water partition coefficient (Wildman–Crippen LogP) is 2.22. The van der Waals surface area contributed by atoms with Crippen molar-refractivity contribution in [3.05, 3.63) is 0 Å².